The second kappa shape index (κ2) is 5.61. The van der Waals surface area contributed by atoms with E-state index in [-0.39, 0.29) is 5.56 Å². The summed E-state index contributed by atoms with van der Waals surface area (Å²) < 4.78 is 12.6. The molecule has 0 saturated heterocycles. The van der Waals surface area contributed by atoms with Crippen molar-refractivity contribution >= 4 is 31.8 Å². The predicted molar refractivity (Wildman–Crippen MR) is 93.6 cm³/mol. The van der Waals surface area contributed by atoms with Gasteiger partial charge in [-0.1, -0.05) is 0 Å². The number of thiophene rings is 1. The van der Waals surface area contributed by atoms with E-state index in [4.69, 9.17) is 9.47 Å². The minimum Gasteiger partial charge on any atom is -0.497 e. The van der Waals surface area contributed by atoms with Crippen LogP contribution in [0.4, 0.5) is 0 Å². The molecule has 24 heavy (non-hydrogen) atoms. The lowest BCUT2D eigenvalue weighted by Gasteiger charge is -2.06. The normalized spacial score (nSPS) is 11.1. The minimum absolute atomic E-state index is 0.129. The van der Waals surface area contributed by atoms with Gasteiger partial charge in [0.25, 0.3) is 5.56 Å². The van der Waals surface area contributed by atoms with Crippen molar-refractivity contribution in [2.45, 2.75) is 0 Å². The maximum atomic E-state index is 12.9. The van der Waals surface area contributed by atoms with Gasteiger partial charge in [-0.25, -0.2) is 9.97 Å². The van der Waals surface area contributed by atoms with Gasteiger partial charge >= 0.3 is 0 Å². The Morgan fingerprint density at radius 1 is 1.04 bits per heavy atom. The molecule has 0 fully saturated rings. The molecule has 0 aliphatic heterocycles. The van der Waals surface area contributed by atoms with E-state index in [1.165, 1.54) is 22.2 Å². The molecular formula is C17H13N3O3S. The zero-order chi connectivity index (χ0) is 16.7. The van der Waals surface area contributed by atoms with Crippen LogP contribution in [0.3, 0.4) is 0 Å². The van der Waals surface area contributed by atoms with E-state index in [0.29, 0.717) is 16.0 Å². The molecule has 0 saturated carbocycles. The van der Waals surface area contributed by atoms with Crippen LogP contribution < -0.4 is 15.0 Å². The van der Waals surface area contributed by atoms with Gasteiger partial charge < -0.3 is 9.47 Å². The molecule has 0 aliphatic carbocycles. The molecule has 7 heteroatoms. The van der Waals surface area contributed by atoms with Crippen molar-refractivity contribution in [3.63, 3.8) is 0 Å². The van der Waals surface area contributed by atoms with Crippen molar-refractivity contribution in [2.24, 2.45) is 0 Å². The number of aromatic nitrogens is 3. The van der Waals surface area contributed by atoms with E-state index in [1.54, 1.807) is 26.5 Å². The lowest BCUT2D eigenvalue weighted by molar-refractivity contribution is 0.414. The number of fused-ring (bicyclic) bond motifs is 3. The summed E-state index contributed by atoms with van der Waals surface area (Å²) in [7, 11) is 3.20. The molecule has 0 spiro atoms. The van der Waals surface area contributed by atoms with Crippen LogP contribution in [0.2, 0.25) is 0 Å². The van der Waals surface area contributed by atoms with Gasteiger partial charge in [0.05, 0.1) is 25.3 Å². The Labute approximate surface area is 140 Å². The summed E-state index contributed by atoms with van der Waals surface area (Å²) in [6.45, 7) is 0. The zero-order valence-electron chi connectivity index (χ0n) is 13.0. The molecule has 0 aliphatic rings. The lowest BCUT2D eigenvalue weighted by Crippen LogP contribution is -2.17. The number of hydrogen-bond donors (Lipinski definition) is 0. The molecule has 120 valence electrons. The van der Waals surface area contributed by atoms with E-state index in [2.05, 4.69) is 9.97 Å². The number of hydrogen-bond acceptors (Lipinski definition) is 6. The Bertz CT molecular complexity index is 1100. The molecule has 3 aromatic heterocycles. The number of benzene rings is 1. The Morgan fingerprint density at radius 2 is 1.83 bits per heavy atom. The summed E-state index contributed by atoms with van der Waals surface area (Å²) >= 11 is 1.32. The summed E-state index contributed by atoms with van der Waals surface area (Å²) in [5.41, 5.74) is 1.22. The fourth-order valence-corrected chi connectivity index (χ4v) is 3.67. The van der Waals surface area contributed by atoms with Crippen molar-refractivity contribution in [1.82, 2.24) is 14.5 Å². The van der Waals surface area contributed by atoms with E-state index < -0.39 is 0 Å². The second-order valence-electron chi connectivity index (χ2n) is 5.09. The molecule has 0 amide bonds. The first-order valence-electron chi connectivity index (χ1n) is 7.20. The van der Waals surface area contributed by atoms with Crippen molar-refractivity contribution in [2.75, 3.05) is 14.2 Å². The molecule has 0 N–H and O–H groups in total. The quantitative estimate of drug-likeness (QED) is 0.574. The highest BCUT2D eigenvalue weighted by Gasteiger charge is 2.16. The summed E-state index contributed by atoms with van der Waals surface area (Å²) in [6, 6.07) is 9.02. The topological polar surface area (TPSA) is 66.2 Å². The largest absolute Gasteiger partial charge is 0.497 e. The number of nitrogens with zero attached hydrogens (tertiary/aromatic N) is 3. The third-order valence-corrected chi connectivity index (χ3v) is 4.89. The molecule has 0 radical (unpaired) electrons. The third kappa shape index (κ3) is 2.13. The molecule has 0 atom stereocenters. The van der Waals surface area contributed by atoms with Gasteiger partial charge in [0.1, 0.15) is 32.9 Å². The maximum absolute atomic E-state index is 12.9. The highest BCUT2D eigenvalue weighted by molar-refractivity contribution is 7.25. The Morgan fingerprint density at radius 3 is 2.54 bits per heavy atom. The molecule has 4 aromatic rings. The Balaban J connectivity index is 1.98. The van der Waals surface area contributed by atoms with Crippen molar-refractivity contribution in [1.29, 1.82) is 0 Å². The minimum atomic E-state index is -0.129. The van der Waals surface area contributed by atoms with E-state index in [1.807, 2.05) is 24.3 Å². The van der Waals surface area contributed by atoms with Crippen LogP contribution in [0.1, 0.15) is 0 Å². The SMILES string of the molecule is COc1ccc(-n2cnc3c(sc4nccc(OC)c43)c2=O)cc1. The zero-order valence-corrected chi connectivity index (χ0v) is 13.8. The number of pyridine rings is 1. The van der Waals surface area contributed by atoms with Gasteiger partial charge in [-0.3, -0.25) is 9.36 Å². The van der Waals surface area contributed by atoms with E-state index in [9.17, 15) is 4.79 Å². The van der Waals surface area contributed by atoms with Gasteiger partial charge in [-0.15, -0.1) is 11.3 Å². The van der Waals surface area contributed by atoms with Crippen molar-refractivity contribution < 1.29 is 9.47 Å². The smallest absolute Gasteiger partial charge is 0.275 e. The highest BCUT2D eigenvalue weighted by Crippen LogP contribution is 2.35. The second-order valence-corrected chi connectivity index (χ2v) is 6.09. The van der Waals surface area contributed by atoms with Crippen molar-refractivity contribution in [3.8, 4) is 17.2 Å². The van der Waals surface area contributed by atoms with E-state index in [0.717, 1.165) is 21.7 Å². The maximum Gasteiger partial charge on any atom is 0.275 e. The van der Waals surface area contributed by atoms with Crippen LogP contribution in [0.15, 0.2) is 47.7 Å². The molecule has 4 rings (SSSR count). The number of methoxy groups -OCH3 is 2. The molecule has 0 unspecified atom stereocenters. The summed E-state index contributed by atoms with van der Waals surface area (Å²) in [5.74, 6) is 1.40. The molecule has 3 heterocycles. The van der Waals surface area contributed by atoms with Crippen molar-refractivity contribution in [3.05, 3.63) is 53.2 Å². The molecule has 1 aromatic carbocycles. The third-order valence-electron chi connectivity index (χ3n) is 3.81. The van der Waals surface area contributed by atoms with Gasteiger partial charge in [-0.2, -0.15) is 0 Å². The average Bonchev–Trinajstić information content (AvgIpc) is 3.02. The standard InChI is InChI=1S/C17H13N3O3S/c1-22-11-5-3-10(4-6-11)20-9-19-14-13-12(23-2)7-8-18-16(13)24-15(14)17(20)21/h3-9H,1-2H3. The first-order chi connectivity index (χ1) is 11.7. The van der Waals surface area contributed by atoms with Gasteiger partial charge in [-0.05, 0) is 30.3 Å². The van der Waals surface area contributed by atoms with E-state index >= 15 is 0 Å². The average molecular weight is 339 g/mol. The number of rotatable bonds is 3. The van der Waals surface area contributed by atoms with Crippen LogP contribution in [0.25, 0.3) is 26.1 Å². The lowest BCUT2D eigenvalue weighted by atomic mass is 10.2. The molecular weight excluding hydrogens is 326 g/mol. The van der Waals surface area contributed by atoms with Gasteiger partial charge in [0.2, 0.25) is 0 Å². The molecule has 6 nitrogen and oxygen atoms in total. The summed E-state index contributed by atoms with van der Waals surface area (Å²) in [5, 5.41) is 0.777. The Kier molecular flexibility index (Phi) is 3.42. The molecule has 0 bridgehead atoms. The Hall–Kier alpha value is -2.93. The number of ether oxygens (including phenoxy) is 2. The van der Waals surface area contributed by atoms with Gasteiger partial charge in [0, 0.05) is 6.20 Å². The van der Waals surface area contributed by atoms with Crippen LogP contribution in [-0.4, -0.2) is 28.8 Å². The first-order valence-corrected chi connectivity index (χ1v) is 8.02. The first kappa shape index (κ1) is 14.6. The fraction of sp³-hybridized carbons (Fsp3) is 0.118. The summed E-state index contributed by atoms with van der Waals surface area (Å²) in [4.78, 5) is 22.4. The summed E-state index contributed by atoms with van der Waals surface area (Å²) in [6.07, 6.45) is 3.20. The van der Waals surface area contributed by atoms with Gasteiger partial charge in [0.15, 0.2) is 0 Å². The highest BCUT2D eigenvalue weighted by atomic mass is 32.1. The monoisotopic (exact) mass is 339 g/mol. The fourth-order valence-electron chi connectivity index (χ4n) is 2.62. The van der Waals surface area contributed by atoms with Crippen LogP contribution in [0.5, 0.6) is 11.5 Å². The van der Waals surface area contributed by atoms with Crippen LogP contribution >= 0.6 is 11.3 Å². The van der Waals surface area contributed by atoms with Crippen LogP contribution in [-0.2, 0) is 0 Å². The van der Waals surface area contributed by atoms with Crippen LogP contribution in [0, 0.1) is 0 Å². The predicted octanol–water partition coefficient (Wildman–Crippen LogP) is 3.01.